The van der Waals surface area contributed by atoms with E-state index in [1.807, 2.05) is 0 Å². The van der Waals surface area contributed by atoms with Gasteiger partial charge >= 0.3 is 0 Å². The largest absolute Gasteiger partial charge is 0.298 e. The first kappa shape index (κ1) is 16.2. The van der Waals surface area contributed by atoms with Gasteiger partial charge in [-0.05, 0) is 42.8 Å². The van der Waals surface area contributed by atoms with Gasteiger partial charge in [-0.15, -0.1) is 11.3 Å². The summed E-state index contributed by atoms with van der Waals surface area (Å²) in [7, 11) is 0. The van der Waals surface area contributed by atoms with Crippen molar-refractivity contribution in [3.8, 4) is 11.3 Å². The van der Waals surface area contributed by atoms with E-state index in [4.69, 9.17) is 0 Å². The van der Waals surface area contributed by atoms with E-state index < -0.39 is 23.4 Å². The summed E-state index contributed by atoms with van der Waals surface area (Å²) in [5, 5.41) is 4.44. The van der Waals surface area contributed by atoms with Crippen molar-refractivity contribution in [2.24, 2.45) is 0 Å². The van der Waals surface area contributed by atoms with Gasteiger partial charge in [0.05, 0.1) is 5.69 Å². The molecule has 24 heavy (non-hydrogen) atoms. The monoisotopic (exact) mass is 348 g/mol. The highest BCUT2D eigenvalue weighted by Gasteiger charge is 2.12. The summed E-state index contributed by atoms with van der Waals surface area (Å²) in [6, 6.07) is 7.61. The molecule has 122 valence electrons. The van der Waals surface area contributed by atoms with E-state index in [-0.39, 0.29) is 10.7 Å². The molecule has 0 saturated carbocycles. The van der Waals surface area contributed by atoms with E-state index in [1.165, 1.54) is 18.2 Å². The minimum Gasteiger partial charge on any atom is -0.298 e. The lowest BCUT2D eigenvalue weighted by Crippen LogP contribution is -2.12. The number of hydrogen-bond donors (Lipinski definition) is 1. The number of carbonyl (C=O) groups excluding carboxylic acids is 1. The van der Waals surface area contributed by atoms with Gasteiger partial charge in [-0.25, -0.2) is 18.2 Å². The Kier molecular flexibility index (Phi) is 4.35. The molecule has 1 heterocycles. The molecule has 2 aromatic carbocycles. The average Bonchev–Trinajstić information content (AvgIpc) is 3.01. The first-order chi connectivity index (χ1) is 11.4. The summed E-state index contributed by atoms with van der Waals surface area (Å²) >= 11 is 1.13. The number of benzene rings is 2. The number of aromatic nitrogens is 1. The number of hydrogen-bond acceptors (Lipinski definition) is 3. The molecule has 7 heteroatoms. The van der Waals surface area contributed by atoms with Crippen LogP contribution in [0.4, 0.5) is 18.3 Å². The fourth-order valence-electron chi connectivity index (χ4n) is 2.02. The highest BCUT2D eigenvalue weighted by Crippen LogP contribution is 2.26. The summed E-state index contributed by atoms with van der Waals surface area (Å²) in [6.45, 7) is 1.60. The van der Waals surface area contributed by atoms with Gasteiger partial charge in [0.1, 0.15) is 5.82 Å². The van der Waals surface area contributed by atoms with Crippen LogP contribution in [0.25, 0.3) is 11.3 Å². The molecule has 1 aromatic heterocycles. The van der Waals surface area contributed by atoms with Crippen LogP contribution >= 0.6 is 11.3 Å². The Morgan fingerprint density at radius 1 is 1.04 bits per heavy atom. The third-order valence-corrected chi connectivity index (χ3v) is 4.13. The Balaban J connectivity index is 1.79. The van der Waals surface area contributed by atoms with Gasteiger partial charge in [0.15, 0.2) is 16.8 Å². The normalized spacial score (nSPS) is 10.7. The molecule has 3 aromatic rings. The molecule has 0 radical (unpaired) electrons. The van der Waals surface area contributed by atoms with Crippen molar-refractivity contribution in [2.75, 3.05) is 5.32 Å². The van der Waals surface area contributed by atoms with Crippen LogP contribution in [0.5, 0.6) is 0 Å². The number of anilines is 1. The number of amides is 1. The predicted molar refractivity (Wildman–Crippen MR) is 86.6 cm³/mol. The van der Waals surface area contributed by atoms with Crippen LogP contribution in [-0.4, -0.2) is 10.9 Å². The Bertz CT molecular complexity index is 924. The number of nitrogens with one attached hydrogen (secondary N) is 1. The minimum absolute atomic E-state index is 0.169. The van der Waals surface area contributed by atoms with Crippen LogP contribution < -0.4 is 5.32 Å². The number of halogens is 3. The molecule has 3 rings (SSSR count). The first-order valence-electron chi connectivity index (χ1n) is 6.92. The SMILES string of the molecule is Cc1ccc(C(=O)Nc2nc(-c3ccc(F)c(F)c3)cs2)cc1F. The van der Waals surface area contributed by atoms with E-state index in [9.17, 15) is 18.0 Å². The lowest BCUT2D eigenvalue weighted by Gasteiger charge is -2.03. The van der Waals surface area contributed by atoms with Crippen molar-refractivity contribution in [1.82, 2.24) is 4.98 Å². The van der Waals surface area contributed by atoms with E-state index >= 15 is 0 Å². The Hall–Kier alpha value is -2.67. The van der Waals surface area contributed by atoms with Crippen LogP contribution in [0.15, 0.2) is 41.8 Å². The topological polar surface area (TPSA) is 42.0 Å². The zero-order valence-electron chi connectivity index (χ0n) is 12.4. The number of rotatable bonds is 3. The van der Waals surface area contributed by atoms with Crippen LogP contribution in [-0.2, 0) is 0 Å². The third kappa shape index (κ3) is 3.30. The van der Waals surface area contributed by atoms with E-state index in [0.29, 0.717) is 16.8 Å². The van der Waals surface area contributed by atoms with Gasteiger partial charge in [-0.2, -0.15) is 0 Å². The van der Waals surface area contributed by atoms with E-state index in [0.717, 1.165) is 29.5 Å². The highest BCUT2D eigenvalue weighted by atomic mass is 32.1. The zero-order chi connectivity index (χ0) is 17.3. The van der Waals surface area contributed by atoms with E-state index in [2.05, 4.69) is 10.3 Å². The molecular formula is C17H11F3N2OS. The number of nitrogens with zero attached hydrogens (tertiary/aromatic N) is 1. The van der Waals surface area contributed by atoms with Crippen molar-refractivity contribution in [3.05, 3.63) is 70.4 Å². The van der Waals surface area contributed by atoms with Crippen molar-refractivity contribution < 1.29 is 18.0 Å². The number of aryl methyl sites for hydroxylation is 1. The Labute approximate surface area is 139 Å². The molecule has 0 aliphatic rings. The molecule has 0 bridgehead atoms. The minimum atomic E-state index is -0.971. The summed E-state index contributed by atoms with van der Waals surface area (Å²) in [5.74, 6) is -2.88. The molecule has 0 unspecified atom stereocenters. The molecule has 0 spiro atoms. The first-order valence-corrected chi connectivity index (χ1v) is 7.80. The van der Waals surface area contributed by atoms with Gasteiger partial charge in [-0.1, -0.05) is 6.07 Å². The molecule has 3 nitrogen and oxygen atoms in total. The van der Waals surface area contributed by atoms with Crippen LogP contribution in [0, 0.1) is 24.4 Å². The second kappa shape index (κ2) is 6.45. The molecular weight excluding hydrogens is 337 g/mol. The van der Waals surface area contributed by atoms with Crippen LogP contribution in [0.1, 0.15) is 15.9 Å². The summed E-state index contributed by atoms with van der Waals surface area (Å²) < 4.78 is 39.7. The maximum Gasteiger partial charge on any atom is 0.257 e. The second-order valence-corrected chi connectivity index (χ2v) is 5.94. The van der Waals surface area contributed by atoms with Gasteiger partial charge in [0.25, 0.3) is 5.91 Å². The van der Waals surface area contributed by atoms with Crippen LogP contribution in [0.2, 0.25) is 0 Å². The second-order valence-electron chi connectivity index (χ2n) is 5.08. The van der Waals surface area contributed by atoms with Gasteiger partial charge in [-0.3, -0.25) is 10.1 Å². The predicted octanol–water partition coefficient (Wildman–Crippen LogP) is 4.79. The smallest absolute Gasteiger partial charge is 0.257 e. The fraction of sp³-hybridized carbons (Fsp3) is 0.0588. The maximum atomic E-state index is 13.5. The van der Waals surface area contributed by atoms with Crippen molar-refractivity contribution in [2.45, 2.75) is 6.92 Å². The average molecular weight is 348 g/mol. The van der Waals surface area contributed by atoms with Crippen LogP contribution in [0.3, 0.4) is 0 Å². The molecule has 0 atom stereocenters. The molecule has 1 N–H and O–H groups in total. The molecule has 0 saturated heterocycles. The van der Waals surface area contributed by atoms with Crippen molar-refractivity contribution in [3.63, 3.8) is 0 Å². The Morgan fingerprint density at radius 3 is 2.54 bits per heavy atom. The Morgan fingerprint density at radius 2 is 1.83 bits per heavy atom. The molecule has 0 aliphatic carbocycles. The molecule has 0 fully saturated rings. The summed E-state index contributed by atoms with van der Waals surface area (Å²) in [4.78, 5) is 16.3. The third-order valence-electron chi connectivity index (χ3n) is 3.37. The number of carbonyl (C=O) groups is 1. The summed E-state index contributed by atoms with van der Waals surface area (Å²) in [6.07, 6.45) is 0. The van der Waals surface area contributed by atoms with Gasteiger partial charge in [0, 0.05) is 16.5 Å². The van der Waals surface area contributed by atoms with E-state index in [1.54, 1.807) is 12.3 Å². The van der Waals surface area contributed by atoms with Gasteiger partial charge in [0.2, 0.25) is 0 Å². The van der Waals surface area contributed by atoms with Gasteiger partial charge < -0.3 is 0 Å². The summed E-state index contributed by atoms with van der Waals surface area (Å²) in [5.41, 5.74) is 1.42. The standard InChI is InChI=1S/C17H11F3N2OS/c1-9-2-3-11(7-13(9)19)16(23)22-17-21-15(8-24-17)10-4-5-12(18)14(20)6-10/h2-8H,1H3,(H,21,22,23). The quantitative estimate of drug-likeness (QED) is 0.739. The van der Waals surface area contributed by atoms with Crippen molar-refractivity contribution >= 4 is 22.4 Å². The lowest BCUT2D eigenvalue weighted by molar-refractivity contribution is 0.102. The zero-order valence-corrected chi connectivity index (χ0v) is 13.3. The highest BCUT2D eigenvalue weighted by molar-refractivity contribution is 7.14. The number of thiazole rings is 1. The lowest BCUT2D eigenvalue weighted by atomic mass is 10.1. The fourth-order valence-corrected chi connectivity index (χ4v) is 2.74. The van der Waals surface area contributed by atoms with Crippen molar-refractivity contribution in [1.29, 1.82) is 0 Å². The molecule has 1 amide bonds. The maximum absolute atomic E-state index is 13.5. The molecule has 0 aliphatic heterocycles.